The average molecular weight is 508 g/mol. The molecule has 0 spiro atoms. The van der Waals surface area contributed by atoms with Gasteiger partial charge >= 0.3 is 6.03 Å². The minimum atomic E-state index is -0.398. The number of nitrogens with zero attached hydrogens (tertiary/aromatic N) is 2. The summed E-state index contributed by atoms with van der Waals surface area (Å²) in [5.74, 6) is 0.605. The van der Waals surface area contributed by atoms with Crippen LogP contribution >= 0.6 is 22.9 Å². The SMILES string of the molecule is COCCCN(CC(=O)N1CCc2sccc2[C@H]1COc1ccc(Cl)cc1)C(=O)NC(C)(C)C. The van der Waals surface area contributed by atoms with Crippen molar-refractivity contribution in [1.29, 1.82) is 0 Å². The third kappa shape index (κ3) is 7.35. The van der Waals surface area contributed by atoms with E-state index in [4.69, 9.17) is 21.1 Å². The van der Waals surface area contributed by atoms with Crippen LogP contribution in [0.4, 0.5) is 4.79 Å². The topological polar surface area (TPSA) is 71.1 Å². The second-order valence-corrected chi connectivity index (χ2v) is 10.8. The van der Waals surface area contributed by atoms with Crippen LogP contribution in [0, 0.1) is 0 Å². The van der Waals surface area contributed by atoms with Gasteiger partial charge in [0.25, 0.3) is 0 Å². The van der Waals surface area contributed by atoms with Crippen molar-refractivity contribution in [1.82, 2.24) is 15.1 Å². The predicted molar refractivity (Wildman–Crippen MR) is 136 cm³/mol. The van der Waals surface area contributed by atoms with E-state index >= 15 is 0 Å². The average Bonchev–Trinajstić information content (AvgIpc) is 3.26. The predicted octanol–water partition coefficient (Wildman–Crippen LogP) is 4.75. The molecule has 1 aliphatic rings. The zero-order valence-electron chi connectivity index (χ0n) is 20.3. The Kier molecular flexibility index (Phi) is 9.22. The molecule has 0 saturated heterocycles. The standard InChI is InChI=1S/C25H34ClN3O4S/c1-25(2,3)27-24(31)28(12-5-14-32-4)16-23(30)29-13-10-22-20(11-15-34-22)21(29)17-33-19-8-6-18(26)7-9-19/h6-9,11,15,21H,5,10,12-14,16-17H2,1-4H3,(H,27,31)/t21-/m1/s1. The Morgan fingerprint density at radius 3 is 2.65 bits per heavy atom. The van der Waals surface area contributed by atoms with Gasteiger partial charge in [-0.15, -0.1) is 11.3 Å². The smallest absolute Gasteiger partial charge is 0.318 e. The fourth-order valence-electron chi connectivity index (χ4n) is 3.89. The zero-order chi connectivity index (χ0) is 24.7. The number of carbonyl (C=O) groups excluding carboxylic acids is 2. The molecule has 9 heteroatoms. The van der Waals surface area contributed by atoms with Crippen LogP contribution in [0.5, 0.6) is 5.75 Å². The number of amides is 3. The van der Waals surface area contributed by atoms with Gasteiger partial charge in [-0.3, -0.25) is 4.79 Å². The van der Waals surface area contributed by atoms with E-state index in [-0.39, 0.29) is 24.5 Å². The molecule has 34 heavy (non-hydrogen) atoms. The van der Waals surface area contributed by atoms with E-state index in [1.807, 2.05) is 37.8 Å². The third-order valence-corrected chi connectivity index (χ3v) is 6.76. The number of halogens is 1. The molecule has 7 nitrogen and oxygen atoms in total. The number of methoxy groups -OCH3 is 1. The maximum atomic E-state index is 13.5. The first-order valence-electron chi connectivity index (χ1n) is 11.5. The van der Waals surface area contributed by atoms with Crippen molar-refractivity contribution in [2.24, 2.45) is 0 Å². The van der Waals surface area contributed by atoms with Gasteiger partial charge in [-0.1, -0.05) is 11.6 Å². The third-order valence-electron chi connectivity index (χ3n) is 5.51. The normalized spacial score (nSPS) is 15.6. The highest BCUT2D eigenvalue weighted by Gasteiger charge is 2.33. The number of ether oxygens (including phenoxy) is 2. The molecular weight excluding hydrogens is 474 g/mol. The summed E-state index contributed by atoms with van der Waals surface area (Å²) in [5.41, 5.74) is 0.717. The summed E-state index contributed by atoms with van der Waals surface area (Å²) in [6.07, 6.45) is 1.45. The van der Waals surface area contributed by atoms with Crippen LogP contribution in [0.25, 0.3) is 0 Å². The second kappa shape index (κ2) is 11.9. The van der Waals surface area contributed by atoms with E-state index in [0.29, 0.717) is 43.5 Å². The van der Waals surface area contributed by atoms with Crippen molar-refractivity contribution in [3.8, 4) is 5.75 Å². The van der Waals surface area contributed by atoms with Gasteiger partial charge < -0.3 is 24.6 Å². The molecule has 0 aliphatic carbocycles. The number of rotatable bonds is 9. The summed E-state index contributed by atoms with van der Waals surface area (Å²) in [5, 5.41) is 5.67. The molecule has 1 aromatic heterocycles. The minimum Gasteiger partial charge on any atom is -0.491 e. The number of nitrogens with one attached hydrogen (secondary N) is 1. The van der Waals surface area contributed by atoms with Crippen LogP contribution in [-0.4, -0.2) is 67.2 Å². The number of hydrogen-bond acceptors (Lipinski definition) is 5. The number of fused-ring (bicyclic) bond motifs is 1. The van der Waals surface area contributed by atoms with E-state index in [9.17, 15) is 9.59 Å². The van der Waals surface area contributed by atoms with E-state index in [1.165, 1.54) is 4.88 Å². The van der Waals surface area contributed by atoms with Crippen molar-refractivity contribution in [2.45, 2.75) is 45.2 Å². The molecule has 1 aliphatic heterocycles. The maximum absolute atomic E-state index is 13.5. The summed E-state index contributed by atoms with van der Waals surface area (Å²) in [4.78, 5) is 31.1. The van der Waals surface area contributed by atoms with Gasteiger partial charge in [0.2, 0.25) is 5.91 Å². The molecule has 0 radical (unpaired) electrons. The van der Waals surface area contributed by atoms with Gasteiger partial charge in [-0.2, -0.15) is 0 Å². The summed E-state index contributed by atoms with van der Waals surface area (Å²) in [7, 11) is 1.63. The lowest BCUT2D eigenvalue weighted by atomic mass is 10.0. The van der Waals surface area contributed by atoms with Crippen molar-refractivity contribution in [3.05, 3.63) is 51.2 Å². The van der Waals surface area contributed by atoms with Crippen LogP contribution in [0.2, 0.25) is 5.02 Å². The highest BCUT2D eigenvalue weighted by Crippen LogP contribution is 2.34. The van der Waals surface area contributed by atoms with Gasteiger partial charge in [0, 0.05) is 42.2 Å². The summed E-state index contributed by atoms with van der Waals surface area (Å²) >= 11 is 7.69. The Morgan fingerprint density at radius 1 is 1.24 bits per heavy atom. The summed E-state index contributed by atoms with van der Waals surface area (Å²) in [6, 6.07) is 8.80. The molecule has 2 aromatic rings. The quantitative estimate of drug-likeness (QED) is 0.497. The van der Waals surface area contributed by atoms with Crippen LogP contribution in [0.15, 0.2) is 35.7 Å². The molecule has 0 fully saturated rings. The van der Waals surface area contributed by atoms with E-state index in [2.05, 4.69) is 16.8 Å². The Morgan fingerprint density at radius 2 is 1.97 bits per heavy atom. The zero-order valence-corrected chi connectivity index (χ0v) is 21.9. The van der Waals surface area contributed by atoms with Gasteiger partial charge in [0.1, 0.15) is 18.9 Å². The molecule has 0 unspecified atom stereocenters. The highest BCUT2D eigenvalue weighted by molar-refractivity contribution is 7.10. The minimum absolute atomic E-state index is 0.00252. The van der Waals surface area contributed by atoms with Crippen molar-refractivity contribution in [2.75, 3.05) is 40.0 Å². The maximum Gasteiger partial charge on any atom is 0.318 e. The van der Waals surface area contributed by atoms with Crippen LogP contribution in [0.1, 0.15) is 43.7 Å². The largest absolute Gasteiger partial charge is 0.491 e. The second-order valence-electron chi connectivity index (χ2n) is 9.37. The highest BCUT2D eigenvalue weighted by atomic mass is 35.5. The van der Waals surface area contributed by atoms with Gasteiger partial charge in [0.15, 0.2) is 0 Å². The van der Waals surface area contributed by atoms with Crippen molar-refractivity contribution < 1.29 is 19.1 Å². The van der Waals surface area contributed by atoms with E-state index in [1.54, 1.807) is 35.5 Å². The molecular formula is C25H34ClN3O4S. The Bertz CT molecular complexity index is 958. The van der Waals surface area contributed by atoms with Crippen molar-refractivity contribution >= 4 is 34.9 Å². The Hall–Kier alpha value is -2.29. The lowest BCUT2D eigenvalue weighted by Crippen LogP contribution is -2.53. The molecule has 186 valence electrons. The first-order valence-corrected chi connectivity index (χ1v) is 12.7. The molecule has 0 bridgehead atoms. The molecule has 1 aromatic carbocycles. The summed E-state index contributed by atoms with van der Waals surface area (Å²) in [6.45, 7) is 7.65. The lowest BCUT2D eigenvalue weighted by Gasteiger charge is -2.37. The first kappa shape index (κ1) is 26.3. The Balaban J connectivity index is 1.74. The van der Waals surface area contributed by atoms with Crippen LogP contribution < -0.4 is 10.1 Å². The molecule has 0 saturated carbocycles. The van der Waals surface area contributed by atoms with Gasteiger partial charge in [-0.05, 0) is 74.9 Å². The summed E-state index contributed by atoms with van der Waals surface area (Å²) < 4.78 is 11.2. The molecule has 3 amide bonds. The fraction of sp³-hybridized carbons (Fsp3) is 0.520. The fourth-order valence-corrected chi connectivity index (χ4v) is 4.94. The molecule has 1 N–H and O–H groups in total. The Labute approximate surface area is 211 Å². The van der Waals surface area contributed by atoms with Crippen LogP contribution in [-0.2, 0) is 16.0 Å². The monoisotopic (exact) mass is 507 g/mol. The van der Waals surface area contributed by atoms with Crippen molar-refractivity contribution in [3.63, 3.8) is 0 Å². The van der Waals surface area contributed by atoms with E-state index in [0.717, 1.165) is 12.0 Å². The van der Waals surface area contributed by atoms with E-state index < -0.39 is 5.54 Å². The van der Waals surface area contributed by atoms with Gasteiger partial charge in [-0.25, -0.2) is 4.79 Å². The molecule has 1 atom stereocenters. The van der Waals surface area contributed by atoms with Crippen LogP contribution in [0.3, 0.4) is 0 Å². The first-order chi connectivity index (χ1) is 16.2. The number of hydrogen-bond donors (Lipinski definition) is 1. The molecule has 3 rings (SSSR count). The number of thiophene rings is 1. The lowest BCUT2D eigenvalue weighted by molar-refractivity contribution is -0.135. The number of carbonyl (C=O) groups is 2. The number of benzene rings is 1. The van der Waals surface area contributed by atoms with Gasteiger partial charge in [0.05, 0.1) is 6.04 Å². The number of urea groups is 1. The molecule has 2 heterocycles.